The molecule has 0 saturated heterocycles. The van der Waals surface area contributed by atoms with Crippen molar-refractivity contribution in [2.45, 2.75) is 57.5 Å². The summed E-state index contributed by atoms with van der Waals surface area (Å²) in [6, 6.07) is 6.77. The van der Waals surface area contributed by atoms with E-state index >= 15 is 0 Å². The second-order valence-electron chi connectivity index (χ2n) is 7.63. The quantitative estimate of drug-likeness (QED) is 0.332. The summed E-state index contributed by atoms with van der Waals surface area (Å²) in [6.07, 6.45) is 10.8. The van der Waals surface area contributed by atoms with E-state index in [1.165, 1.54) is 12.8 Å². The SMILES string of the molecule is C=CCCNCCCCCOC1CCC(CNC(=O)Oc2ccc(Cl)cc2)CC1. The number of unbranched alkanes of at least 4 members (excludes halogenated alkanes) is 2. The molecule has 1 fully saturated rings. The molecule has 1 aliphatic carbocycles. The summed E-state index contributed by atoms with van der Waals surface area (Å²) >= 11 is 5.83. The maximum atomic E-state index is 11.9. The van der Waals surface area contributed by atoms with Crippen molar-refractivity contribution in [3.05, 3.63) is 41.9 Å². The lowest BCUT2D eigenvalue weighted by atomic mass is 9.87. The third-order valence-electron chi connectivity index (χ3n) is 5.23. The molecule has 29 heavy (non-hydrogen) atoms. The Balaban J connectivity index is 1.46. The Kier molecular flexibility index (Phi) is 11.8. The Morgan fingerprint density at radius 2 is 1.86 bits per heavy atom. The fraction of sp³-hybridized carbons (Fsp3) is 0.609. The monoisotopic (exact) mass is 422 g/mol. The third kappa shape index (κ3) is 10.7. The molecule has 1 amide bonds. The van der Waals surface area contributed by atoms with Crippen molar-refractivity contribution in [2.24, 2.45) is 5.92 Å². The number of benzene rings is 1. The number of ether oxygens (including phenoxy) is 2. The molecular formula is C23H35ClN2O3. The lowest BCUT2D eigenvalue weighted by Gasteiger charge is -2.28. The number of halogens is 1. The number of rotatable bonds is 13. The zero-order chi connectivity index (χ0) is 20.7. The van der Waals surface area contributed by atoms with Gasteiger partial charge in [0.05, 0.1) is 6.10 Å². The average Bonchev–Trinajstić information content (AvgIpc) is 2.73. The van der Waals surface area contributed by atoms with E-state index in [9.17, 15) is 4.79 Å². The smallest absolute Gasteiger partial charge is 0.410 e. The van der Waals surface area contributed by atoms with Crippen LogP contribution < -0.4 is 15.4 Å². The summed E-state index contributed by atoms with van der Waals surface area (Å²) in [7, 11) is 0. The van der Waals surface area contributed by atoms with Crippen molar-refractivity contribution >= 4 is 17.7 Å². The van der Waals surface area contributed by atoms with Gasteiger partial charge in [0.1, 0.15) is 5.75 Å². The highest BCUT2D eigenvalue weighted by molar-refractivity contribution is 6.30. The highest BCUT2D eigenvalue weighted by Crippen LogP contribution is 2.26. The topological polar surface area (TPSA) is 59.6 Å². The molecule has 0 aromatic heterocycles. The van der Waals surface area contributed by atoms with E-state index in [4.69, 9.17) is 21.1 Å². The van der Waals surface area contributed by atoms with Gasteiger partial charge in [-0.2, -0.15) is 0 Å². The highest BCUT2D eigenvalue weighted by Gasteiger charge is 2.22. The van der Waals surface area contributed by atoms with Gasteiger partial charge in [-0.25, -0.2) is 4.79 Å². The van der Waals surface area contributed by atoms with Gasteiger partial charge in [-0.05, 0) is 94.6 Å². The van der Waals surface area contributed by atoms with Crippen molar-refractivity contribution in [3.63, 3.8) is 0 Å². The molecule has 1 aliphatic rings. The van der Waals surface area contributed by atoms with Crippen LogP contribution in [-0.2, 0) is 4.74 Å². The zero-order valence-corrected chi connectivity index (χ0v) is 18.1. The number of hydrogen-bond acceptors (Lipinski definition) is 4. The molecule has 0 aliphatic heterocycles. The van der Waals surface area contributed by atoms with E-state index in [2.05, 4.69) is 17.2 Å². The third-order valence-corrected chi connectivity index (χ3v) is 5.48. The molecule has 0 spiro atoms. The van der Waals surface area contributed by atoms with Crippen LogP contribution in [0.15, 0.2) is 36.9 Å². The van der Waals surface area contributed by atoms with Crippen molar-refractivity contribution < 1.29 is 14.3 Å². The van der Waals surface area contributed by atoms with Crippen LogP contribution in [0.4, 0.5) is 4.79 Å². The molecule has 0 heterocycles. The van der Waals surface area contributed by atoms with Gasteiger partial charge in [0.25, 0.3) is 0 Å². The molecule has 2 N–H and O–H groups in total. The minimum Gasteiger partial charge on any atom is -0.410 e. The molecule has 1 aromatic rings. The molecule has 5 nitrogen and oxygen atoms in total. The number of amides is 1. The van der Waals surface area contributed by atoms with Crippen LogP contribution in [0.1, 0.15) is 51.4 Å². The number of nitrogens with one attached hydrogen (secondary N) is 2. The van der Waals surface area contributed by atoms with Crippen LogP contribution in [0.3, 0.4) is 0 Å². The van der Waals surface area contributed by atoms with Crippen LogP contribution in [0.25, 0.3) is 0 Å². The van der Waals surface area contributed by atoms with Crippen molar-refractivity contribution in [1.82, 2.24) is 10.6 Å². The van der Waals surface area contributed by atoms with E-state index in [0.29, 0.717) is 29.3 Å². The number of hydrogen-bond donors (Lipinski definition) is 2. The molecule has 6 heteroatoms. The fourth-order valence-corrected chi connectivity index (χ4v) is 3.61. The predicted octanol–water partition coefficient (Wildman–Crippen LogP) is 5.34. The number of carbonyl (C=O) groups is 1. The number of carbonyl (C=O) groups excluding carboxylic acids is 1. The maximum Gasteiger partial charge on any atom is 0.412 e. The average molecular weight is 423 g/mol. The molecule has 0 unspecified atom stereocenters. The van der Waals surface area contributed by atoms with Gasteiger partial charge < -0.3 is 20.1 Å². The Morgan fingerprint density at radius 1 is 1.10 bits per heavy atom. The zero-order valence-electron chi connectivity index (χ0n) is 17.3. The standard InChI is InChI=1S/C23H35ClN2O3/c1-2-3-15-25-16-5-4-6-17-28-21-11-7-19(8-12-21)18-26-23(27)29-22-13-9-20(24)10-14-22/h2,9-10,13-14,19,21,25H,1,3-8,11-12,15-18H2,(H,26,27). The van der Waals surface area contributed by atoms with Crippen LogP contribution >= 0.6 is 11.6 Å². The van der Waals surface area contributed by atoms with E-state index < -0.39 is 6.09 Å². The Bertz CT molecular complexity index is 586. The van der Waals surface area contributed by atoms with Crippen LogP contribution in [-0.4, -0.2) is 38.4 Å². The summed E-state index contributed by atoms with van der Waals surface area (Å²) in [5.41, 5.74) is 0. The summed E-state index contributed by atoms with van der Waals surface area (Å²) in [5.74, 6) is 0.991. The van der Waals surface area contributed by atoms with Gasteiger partial charge in [0.2, 0.25) is 0 Å². The normalized spacial score (nSPS) is 18.9. The minimum atomic E-state index is -0.412. The van der Waals surface area contributed by atoms with Crippen LogP contribution in [0.2, 0.25) is 5.02 Å². The minimum absolute atomic E-state index is 0.373. The Hall–Kier alpha value is -1.56. The first-order valence-corrected chi connectivity index (χ1v) is 11.2. The first-order chi connectivity index (χ1) is 14.2. The van der Waals surface area contributed by atoms with Crippen molar-refractivity contribution in [1.29, 1.82) is 0 Å². The van der Waals surface area contributed by atoms with Gasteiger partial charge >= 0.3 is 6.09 Å². The van der Waals surface area contributed by atoms with Gasteiger partial charge in [-0.3, -0.25) is 0 Å². The molecule has 162 valence electrons. The summed E-state index contributed by atoms with van der Waals surface area (Å²) in [6.45, 7) is 7.33. The van der Waals surface area contributed by atoms with Crippen molar-refractivity contribution in [2.75, 3.05) is 26.2 Å². The molecule has 0 atom stereocenters. The molecular weight excluding hydrogens is 388 g/mol. The maximum absolute atomic E-state index is 11.9. The molecule has 0 bridgehead atoms. The van der Waals surface area contributed by atoms with Crippen LogP contribution in [0.5, 0.6) is 5.75 Å². The first kappa shape index (κ1) is 23.7. The Labute approximate surface area is 180 Å². The highest BCUT2D eigenvalue weighted by atomic mass is 35.5. The second-order valence-corrected chi connectivity index (χ2v) is 8.06. The van der Waals surface area contributed by atoms with Gasteiger partial charge in [0.15, 0.2) is 0 Å². The molecule has 0 radical (unpaired) electrons. The van der Waals surface area contributed by atoms with Crippen molar-refractivity contribution in [3.8, 4) is 5.75 Å². The Morgan fingerprint density at radius 3 is 2.59 bits per heavy atom. The summed E-state index contributed by atoms with van der Waals surface area (Å²) in [5, 5.41) is 6.90. The summed E-state index contributed by atoms with van der Waals surface area (Å²) < 4.78 is 11.3. The lowest BCUT2D eigenvalue weighted by molar-refractivity contribution is 0.0164. The molecule has 1 saturated carbocycles. The van der Waals surface area contributed by atoms with Gasteiger partial charge in [-0.15, -0.1) is 6.58 Å². The predicted molar refractivity (Wildman–Crippen MR) is 119 cm³/mol. The lowest BCUT2D eigenvalue weighted by Crippen LogP contribution is -2.34. The van der Waals surface area contributed by atoms with E-state index in [-0.39, 0.29) is 0 Å². The largest absolute Gasteiger partial charge is 0.412 e. The fourth-order valence-electron chi connectivity index (χ4n) is 3.48. The van der Waals surface area contributed by atoms with E-state index in [1.807, 2.05) is 6.08 Å². The van der Waals surface area contributed by atoms with Gasteiger partial charge in [-0.1, -0.05) is 17.7 Å². The van der Waals surface area contributed by atoms with E-state index in [1.54, 1.807) is 24.3 Å². The van der Waals surface area contributed by atoms with Crippen LogP contribution in [0, 0.1) is 5.92 Å². The molecule has 2 rings (SSSR count). The first-order valence-electron chi connectivity index (χ1n) is 10.8. The summed E-state index contributed by atoms with van der Waals surface area (Å²) in [4.78, 5) is 11.9. The second kappa shape index (κ2) is 14.4. The van der Waals surface area contributed by atoms with E-state index in [0.717, 1.165) is 58.2 Å². The van der Waals surface area contributed by atoms with Gasteiger partial charge in [0, 0.05) is 18.2 Å². The molecule has 1 aromatic carbocycles.